The van der Waals surface area contributed by atoms with Gasteiger partial charge in [-0.3, -0.25) is 0 Å². The number of rotatable bonds is 1. The molecule has 14 heavy (non-hydrogen) atoms. The predicted octanol–water partition coefficient (Wildman–Crippen LogP) is 3.20. The van der Waals surface area contributed by atoms with Crippen LogP contribution >= 0.6 is 15.9 Å². The minimum atomic E-state index is -0.975. The fourth-order valence-corrected chi connectivity index (χ4v) is 1.77. The Kier molecular flexibility index (Phi) is 2.07. The fraction of sp³-hybridized carbons (Fsp3) is 0.100. The largest absolute Gasteiger partial charge is 0.478 e. The standard InChI is InChI=1S/C10H7BrO3/c1-5-8(11)6-3-2-4-7(10(12)13)9(6)14-5/h2-4H,1H3,(H,12,13). The van der Waals surface area contributed by atoms with E-state index in [9.17, 15) is 4.79 Å². The second-order valence-corrected chi connectivity index (χ2v) is 3.75. The number of para-hydroxylation sites is 1. The number of aryl methyl sites for hydroxylation is 1. The van der Waals surface area contributed by atoms with Crippen molar-refractivity contribution in [2.45, 2.75) is 6.92 Å². The molecule has 0 fully saturated rings. The van der Waals surface area contributed by atoms with Gasteiger partial charge in [-0.05, 0) is 35.0 Å². The molecule has 0 saturated heterocycles. The summed E-state index contributed by atoms with van der Waals surface area (Å²) in [4.78, 5) is 10.9. The summed E-state index contributed by atoms with van der Waals surface area (Å²) in [5.41, 5.74) is 0.612. The van der Waals surface area contributed by atoms with E-state index in [2.05, 4.69) is 15.9 Å². The Morgan fingerprint density at radius 1 is 1.50 bits per heavy atom. The van der Waals surface area contributed by atoms with Crippen LogP contribution in [0.5, 0.6) is 0 Å². The van der Waals surface area contributed by atoms with Gasteiger partial charge in [0.1, 0.15) is 16.9 Å². The van der Waals surface area contributed by atoms with Gasteiger partial charge in [0.2, 0.25) is 0 Å². The highest BCUT2D eigenvalue weighted by molar-refractivity contribution is 9.10. The highest BCUT2D eigenvalue weighted by Crippen LogP contribution is 2.32. The molecule has 0 radical (unpaired) electrons. The van der Waals surface area contributed by atoms with Crippen LogP contribution in [0.4, 0.5) is 0 Å². The van der Waals surface area contributed by atoms with Crippen LogP contribution in [-0.2, 0) is 0 Å². The summed E-state index contributed by atoms with van der Waals surface area (Å²) < 4.78 is 6.18. The molecule has 2 rings (SSSR count). The average molecular weight is 255 g/mol. The Morgan fingerprint density at radius 3 is 2.86 bits per heavy atom. The van der Waals surface area contributed by atoms with E-state index in [1.807, 2.05) is 6.07 Å². The number of benzene rings is 1. The number of aromatic carboxylic acids is 1. The first-order chi connectivity index (χ1) is 6.61. The van der Waals surface area contributed by atoms with Crippen LogP contribution in [0.2, 0.25) is 0 Å². The average Bonchev–Trinajstić information content (AvgIpc) is 2.43. The van der Waals surface area contributed by atoms with Crippen molar-refractivity contribution < 1.29 is 14.3 Å². The monoisotopic (exact) mass is 254 g/mol. The van der Waals surface area contributed by atoms with Crippen molar-refractivity contribution in [2.24, 2.45) is 0 Å². The van der Waals surface area contributed by atoms with E-state index in [0.717, 1.165) is 9.86 Å². The lowest BCUT2D eigenvalue weighted by molar-refractivity contribution is 0.0698. The zero-order valence-corrected chi connectivity index (χ0v) is 8.96. The second-order valence-electron chi connectivity index (χ2n) is 2.96. The quantitative estimate of drug-likeness (QED) is 0.851. The van der Waals surface area contributed by atoms with Crippen molar-refractivity contribution in [3.63, 3.8) is 0 Å². The van der Waals surface area contributed by atoms with Crippen LogP contribution in [-0.4, -0.2) is 11.1 Å². The lowest BCUT2D eigenvalue weighted by Crippen LogP contribution is -1.95. The molecule has 2 aromatic rings. The van der Waals surface area contributed by atoms with Crippen LogP contribution in [0.25, 0.3) is 11.0 Å². The molecule has 3 nitrogen and oxygen atoms in total. The van der Waals surface area contributed by atoms with E-state index in [4.69, 9.17) is 9.52 Å². The van der Waals surface area contributed by atoms with E-state index >= 15 is 0 Å². The first-order valence-electron chi connectivity index (χ1n) is 4.02. The van der Waals surface area contributed by atoms with Gasteiger partial charge < -0.3 is 9.52 Å². The third-order valence-electron chi connectivity index (χ3n) is 2.05. The highest BCUT2D eigenvalue weighted by Gasteiger charge is 2.15. The summed E-state index contributed by atoms with van der Waals surface area (Å²) in [6, 6.07) is 5.05. The van der Waals surface area contributed by atoms with Gasteiger partial charge in [0.15, 0.2) is 0 Å². The van der Waals surface area contributed by atoms with Gasteiger partial charge in [-0.2, -0.15) is 0 Å². The van der Waals surface area contributed by atoms with Crippen LogP contribution in [0, 0.1) is 6.92 Å². The van der Waals surface area contributed by atoms with Gasteiger partial charge in [-0.15, -0.1) is 0 Å². The molecular weight excluding hydrogens is 248 g/mol. The summed E-state index contributed by atoms with van der Waals surface area (Å²) in [6.45, 7) is 1.79. The Balaban J connectivity index is 2.88. The number of carboxylic acids is 1. The van der Waals surface area contributed by atoms with Crippen molar-refractivity contribution in [1.82, 2.24) is 0 Å². The van der Waals surface area contributed by atoms with Gasteiger partial charge in [0, 0.05) is 5.39 Å². The smallest absolute Gasteiger partial charge is 0.339 e. The Hall–Kier alpha value is -1.29. The number of fused-ring (bicyclic) bond motifs is 1. The molecule has 1 aromatic heterocycles. The maximum Gasteiger partial charge on any atom is 0.339 e. The number of furan rings is 1. The lowest BCUT2D eigenvalue weighted by Gasteiger charge is -1.94. The molecule has 1 aromatic carbocycles. The van der Waals surface area contributed by atoms with Gasteiger partial charge in [-0.25, -0.2) is 4.79 Å². The predicted molar refractivity (Wildman–Crippen MR) is 55.6 cm³/mol. The molecule has 1 N–H and O–H groups in total. The maximum atomic E-state index is 10.9. The third-order valence-corrected chi connectivity index (χ3v) is 3.03. The van der Waals surface area contributed by atoms with Gasteiger partial charge in [0.05, 0.1) is 4.47 Å². The molecule has 0 aliphatic carbocycles. The number of hydrogen-bond acceptors (Lipinski definition) is 2. The molecule has 0 aliphatic rings. The minimum Gasteiger partial charge on any atom is -0.478 e. The van der Waals surface area contributed by atoms with E-state index in [-0.39, 0.29) is 5.56 Å². The topological polar surface area (TPSA) is 50.4 Å². The molecular formula is C10H7BrO3. The lowest BCUT2D eigenvalue weighted by atomic mass is 10.1. The van der Waals surface area contributed by atoms with Crippen molar-refractivity contribution >= 4 is 32.9 Å². The zero-order chi connectivity index (χ0) is 10.3. The molecule has 0 unspecified atom stereocenters. The molecule has 0 aliphatic heterocycles. The first kappa shape index (κ1) is 9.27. The summed E-state index contributed by atoms with van der Waals surface area (Å²) in [7, 11) is 0. The fourth-order valence-electron chi connectivity index (χ4n) is 1.38. The van der Waals surface area contributed by atoms with Crippen LogP contribution in [0.15, 0.2) is 27.1 Å². The van der Waals surface area contributed by atoms with E-state index in [1.54, 1.807) is 13.0 Å². The number of carboxylic acid groups (broad SMARTS) is 1. The van der Waals surface area contributed by atoms with E-state index in [0.29, 0.717) is 11.3 Å². The van der Waals surface area contributed by atoms with Gasteiger partial charge in [-0.1, -0.05) is 6.07 Å². The zero-order valence-electron chi connectivity index (χ0n) is 7.37. The molecule has 0 atom stereocenters. The third kappa shape index (κ3) is 1.23. The van der Waals surface area contributed by atoms with Gasteiger partial charge >= 0.3 is 5.97 Å². The number of carbonyl (C=O) groups is 1. The molecule has 4 heteroatoms. The van der Waals surface area contributed by atoms with E-state index < -0.39 is 5.97 Å². The Morgan fingerprint density at radius 2 is 2.21 bits per heavy atom. The van der Waals surface area contributed by atoms with Crippen molar-refractivity contribution in [1.29, 1.82) is 0 Å². The molecule has 72 valence electrons. The van der Waals surface area contributed by atoms with Crippen molar-refractivity contribution in [3.05, 3.63) is 34.0 Å². The summed E-state index contributed by atoms with van der Waals surface area (Å²) in [6.07, 6.45) is 0. The first-order valence-corrected chi connectivity index (χ1v) is 4.81. The summed E-state index contributed by atoms with van der Waals surface area (Å²) >= 11 is 3.35. The molecule has 1 heterocycles. The second kappa shape index (κ2) is 3.13. The summed E-state index contributed by atoms with van der Waals surface area (Å²) in [5.74, 6) is -0.287. The van der Waals surface area contributed by atoms with Crippen LogP contribution in [0.1, 0.15) is 16.1 Å². The minimum absolute atomic E-state index is 0.191. The Labute approximate surface area is 88.5 Å². The Bertz CT molecular complexity index is 513. The number of hydrogen-bond donors (Lipinski definition) is 1. The highest BCUT2D eigenvalue weighted by atomic mass is 79.9. The SMILES string of the molecule is Cc1oc2c(C(=O)O)cccc2c1Br. The van der Waals surface area contributed by atoms with E-state index in [1.165, 1.54) is 6.07 Å². The van der Waals surface area contributed by atoms with Crippen LogP contribution < -0.4 is 0 Å². The summed E-state index contributed by atoms with van der Waals surface area (Å²) in [5, 5.41) is 9.70. The number of halogens is 1. The molecule has 0 bridgehead atoms. The normalized spacial score (nSPS) is 10.7. The molecule has 0 amide bonds. The maximum absolute atomic E-state index is 10.9. The van der Waals surface area contributed by atoms with Crippen LogP contribution in [0.3, 0.4) is 0 Å². The van der Waals surface area contributed by atoms with Crippen molar-refractivity contribution in [2.75, 3.05) is 0 Å². The van der Waals surface area contributed by atoms with Crippen molar-refractivity contribution in [3.8, 4) is 0 Å². The molecule has 0 spiro atoms. The molecule has 0 saturated carbocycles. The van der Waals surface area contributed by atoms with Gasteiger partial charge in [0.25, 0.3) is 0 Å².